The monoisotopic (exact) mass is 291 g/mol. The molecule has 0 aliphatic heterocycles. The van der Waals surface area contributed by atoms with Crippen molar-refractivity contribution in [2.45, 2.75) is 26.3 Å². The summed E-state index contributed by atoms with van der Waals surface area (Å²) in [6, 6.07) is 3.99. The molecule has 0 bridgehead atoms. The van der Waals surface area contributed by atoms with Crippen molar-refractivity contribution in [1.29, 1.82) is 0 Å². The molecule has 0 aromatic carbocycles. The lowest BCUT2D eigenvalue weighted by molar-refractivity contribution is -0.124. The largest absolute Gasteiger partial charge is 0.354 e. The number of aromatic nitrogens is 2. The number of hydrogen-bond acceptors (Lipinski definition) is 4. The van der Waals surface area contributed by atoms with E-state index in [-0.39, 0.29) is 18.1 Å². The number of rotatable bonds is 7. The van der Waals surface area contributed by atoms with Gasteiger partial charge in [-0.2, -0.15) is 16.4 Å². The minimum Gasteiger partial charge on any atom is -0.354 e. The summed E-state index contributed by atoms with van der Waals surface area (Å²) >= 11 is 1.64. The minimum absolute atomic E-state index is 0.0348. The van der Waals surface area contributed by atoms with Crippen LogP contribution in [0, 0.1) is 0 Å². The van der Waals surface area contributed by atoms with Crippen molar-refractivity contribution in [3.8, 4) is 11.3 Å². The Kier molecular flexibility index (Phi) is 5.06. The molecule has 1 amide bonds. The molecule has 0 saturated heterocycles. The van der Waals surface area contributed by atoms with E-state index in [9.17, 15) is 9.59 Å². The van der Waals surface area contributed by atoms with Gasteiger partial charge in [0.2, 0.25) is 5.91 Å². The second-order valence-corrected chi connectivity index (χ2v) is 5.31. The summed E-state index contributed by atoms with van der Waals surface area (Å²) in [5.74, 6) is -0.0574. The van der Waals surface area contributed by atoms with Crippen LogP contribution in [0.5, 0.6) is 0 Å². The number of thiophene rings is 1. The molecule has 0 radical (unpaired) electrons. The van der Waals surface area contributed by atoms with Crippen LogP contribution in [0.2, 0.25) is 0 Å². The first-order chi connectivity index (χ1) is 9.65. The predicted octanol–water partition coefficient (Wildman–Crippen LogP) is 2.10. The molecule has 2 heterocycles. The molecular weight excluding hydrogens is 274 g/mol. The number of carbonyl (C=O) groups is 2. The summed E-state index contributed by atoms with van der Waals surface area (Å²) in [5.41, 5.74) is 2.05. The normalized spacial score (nSPS) is 10.4. The molecule has 0 fully saturated rings. The fourth-order valence-electron chi connectivity index (χ4n) is 1.74. The number of amides is 1. The summed E-state index contributed by atoms with van der Waals surface area (Å²) in [6.45, 7) is 2.63. The fourth-order valence-corrected chi connectivity index (χ4v) is 2.39. The molecule has 0 saturated carbocycles. The molecule has 2 aromatic rings. The van der Waals surface area contributed by atoms with Crippen molar-refractivity contribution in [1.82, 2.24) is 15.1 Å². The van der Waals surface area contributed by atoms with Crippen LogP contribution in [0.1, 0.15) is 19.8 Å². The Labute approximate surface area is 121 Å². The van der Waals surface area contributed by atoms with Gasteiger partial charge in [-0.15, -0.1) is 0 Å². The van der Waals surface area contributed by atoms with E-state index in [0.717, 1.165) is 11.3 Å². The van der Waals surface area contributed by atoms with Gasteiger partial charge in [0.1, 0.15) is 5.78 Å². The number of nitrogens with zero attached hydrogens (tertiary/aromatic N) is 2. The molecule has 0 unspecified atom stereocenters. The Morgan fingerprint density at radius 2 is 2.20 bits per heavy atom. The second kappa shape index (κ2) is 7.00. The average Bonchev–Trinajstić information content (AvgIpc) is 3.06. The van der Waals surface area contributed by atoms with Crippen LogP contribution in [0.3, 0.4) is 0 Å². The van der Waals surface area contributed by atoms with Crippen LogP contribution >= 0.6 is 11.3 Å². The fraction of sp³-hybridized carbons (Fsp3) is 0.357. The summed E-state index contributed by atoms with van der Waals surface area (Å²) in [5, 5.41) is 11.3. The van der Waals surface area contributed by atoms with E-state index in [4.69, 9.17) is 0 Å². The number of ketones is 1. The van der Waals surface area contributed by atoms with Crippen LogP contribution in [0.25, 0.3) is 11.3 Å². The smallest absolute Gasteiger partial charge is 0.220 e. The molecule has 0 spiro atoms. The van der Waals surface area contributed by atoms with Crippen molar-refractivity contribution in [3.63, 3.8) is 0 Å². The van der Waals surface area contributed by atoms with E-state index in [1.807, 2.05) is 23.7 Å². The minimum atomic E-state index is -0.0922. The third-order valence-corrected chi connectivity index (χ3v) is 3.51. The third kappa shape index (κ3) is 4.31. The number of hydrogen-bond donors (Lipinski definition) is 1. The summed E-state index contributed by atoms with van der Waals surface area (Å²) < 4.78 is 1.80. The van der Waals surface area contributed by atoms with Gasteiger partial charge in [0.15, 0.2) is 0 Å². The lowest BCUT2D eigenvalue weighted by Crippen LogP contribution is -2.27. The van der Waals surface area contributed by atoms with Gasteiger partial charge in [-0.3, -0.25) is 9.48 Å². The second-order valence-electron chi connectivity index (χ2n) is 4.53. The van der Waals surface area contributed by atoms with E-state index in [1.54, 1.807) is 16.0 Å². The van der Waals surface area contributed by atoms with Crippen LogP contribution in [0.4, 0.5) is 0 Å². The van der Waals surface area contributed by atoms with Crippen molar-refractivity contribution in [3.05, 3.63) is 29.1 Å². The predicted molar refractivity (Wildman–Crippen MR) is 78.5 cm³/mol. The zero-order valence-corrected chi connectivity index (χ0v) is 12.2. The molecule has 2 rings (SSSR count). The topological polar surface area (TPSA) is 64.0 Å². The molecule has 1 N–H and O–H groups in total. The Balaban J connectivity index is 1.75. The van der Waals surface area contributed by atoms with E-state index < -0.39 is 0 Å². The van der Waals surface area contributed by atoms with Crippen LogP contribution in [-0.4, -0.2) is 28.0 Å². The van der Waals surface area contributed by atoms with Gasteiger partial charge in [-0.25, -0.2) is 0 Å². The van der Waals surface area contributed by atoms with Gasteiger partial charge in [0.05, 0.1) is 12.2 Å². The van der Waals surface area contributed by atoms with Crippen LogP contribution in [-0.2, 0) is 16.1 Å². The molecule has 6 heteroatoms. The first-order valence-corrected chi connectivity index (χ1v) is 7.41. The van der Waals surface area contributed by atoms with Gasteiger partial charge in [0.25, 0.3) is 0 Å². The Morgan fingerprint density at radius 1 is 1.35 bits per heavy atom. The van der Waals surface area contributed by atoms with E-state index in [2.05, 4.69) is 15.8 Å². The standard InChI is InChI=1S/C14H17N3O2S/c1-11(18)2-3-14(19)15-6-8-17-7-4-13(16-17)12-5-9-20-10-12/h4-5,7,9-10H,2-3,6,8H2,1H3,(H,15,19). The van der Waals surface area contributed by atoms with Gasteiger partial charge >= 0.3 is 0 Å². The summed E-state index contributed by atoms with van der Waals surface area (Å²) in [4.78, 5) is 22.2. The zero-order valence-electron chi connectivity index (χ0n) is 11.3. The molecular formula is C14H17N3O2S. The molecule has 106 valence electrons. The highest BCUT2D eigenvalue weighted by atomic mass is 32.1. The van der Waals surface area contributed by atoms with Crippen LogP contribution in [0.15, 0.2) is 29.1 Å². The molecule has 5 nitrogen and oxygen atoms in total. The first-order valence-electron chi connectivity index (χ1n) is 6.47. The molecule has 0 atom stereocenters. The van der Waals surface area contributed by atoms with E-state index in [1.165, 1.54) is 6.92 Å². The Morgan fingerprint density at radius 3 is 2.90 bits per heavy atom. The highest BCUT2D eigenvalue weighted by Gasteiger charge is 2.04. The Hall–Kier alpha value is -1.95. The summed E-state index contributed by atoms with van der Waals surface area (Å²) in [6.07, 6.45) is 2.46. The van der Waals surface area contributed by atoms with Crippen molar-refractivity contribution in [2.24, 2.45) is 0 Å². The number of nitrogens with one attached hydrogen (secondary N) is 1. The molecule has 0 aliphatic carbocycles. The first kappa shape index (κ1) is 14.5. The van der Waals surface area contributed by atoms with Gasteiger partial charge in [-0.05, 0) is 24.4 Å². The number of Topliss-reactive ketones (excluding diaryl/α,β-unsaturated/α-hetero) is 1. The molecule has 20 heavy (non-hydrogen) atoms. The molecule has 0 aliphatic rings. The van der Waals surface area contributed by atoms with E-state index in [0.29, 0.717) is 19.5 Å². The maximum atomic E-state index is 11.4. The van der Waals surface area contributed by atoms with Crippen molar-refractivity contribution in [2.75, 3.05) is 6.54 Å². The van der Waals surface area contributed by atoms with Crippen molar-refractivity contribution < 1.29 is 9.59 Å². The highest BCUT2D eigenvalue weighted by molar-refractivity contribution is 7.08. The highest BCUT2D eigenvalue weighted by Crippen LogP contribution is 2.19. The average molecular weight is 291 g/mol. The quantitative estimate of drug-likeness (QED) is 0.849. The Bertz CT molecular complexity index is 575. The van der Waals surface area contributed by atoms with Gasteiger partial charge < -0.3 is 10.1 Å². The maximum absolute atomic E-state index is 11.4. The molecule has 2 aromatic heterocycles. The zero-order chi connectivity index (χ0) is 14.4. The third-order valence-electron chi connectivity index (χ3n) is 2.82. The van der Waals surface area contributed by atoms with Gasteiger partial charge in [-0.1, -0.05) is 0 Å². The van der Waals surface area contributed by atoms with Crippen molar-refractivity contribution >= 4 is 23.0 Å². The SMILES string of the molecule is CC(=O)CCC(=O)NCCn1ccc(-c2ccsc2)n1. The summed E-state index contributed by atoms with van der Waals surface area (Å²) in [7, 11) is 0. The lowest BCUT2D eigenvalue weighted by Gasteiger charge is -2.04. The maximum Gasteiger partial charge on any atom is 0.220 e. The lowest BCUT2D eigenvalue weighted by atomic mass is 10.2. The van der Waals surface area contributed by atoms with Crippen LogP contribution < -0.4 is 5.32 Å². The number of carbonyl (C=O) groups excluding carboxylic acids is 2. The van der Waals surface area contributed by atoms with E-state index >= 15 is 0 Å². The van der Waals surface area contributed by atoms with Gasteiger partial charge in [0, 0.05) is 36.5 Å².